The van der Waals surface area contributed by atoms with E-state index in [4.69, 9.17) is 4.52 Å². The number of rotatable bonds is 4. The van der Waals surface area contributed by atoms with Crippen LogP contribution in [0.2, 0.25) is 0 Å². The standard InChI is InChI=1S/C16H20N4O2/c1-11(18-15(21)13-9-5-6-10-17-13)14-19-16(22-20-14)12-7-3-2-4-8-12/h2-4,7-8,11,13,17H,5-6,9-10H2,1H3,(H,18,21)/t11?,13-/m1/s1. The molecule has 6 nitrogen and oxygen atoms in total. The van der Waals surface area contributed by atoms with Crippen LogP contribution in [-0.4, -0.2) is 28.6 Å². The van der Waals surface area contributed by atoms with Gasteiger partial charge in [-0.05, 0) is 38.4 Å². The molecule has 116 valence electrons. The molecule has 1 aliphatic heterocycles. The van der Waals surface area contributed by atoms with E-state index in [1.54, 1.807) is 0 Å². The molecule has 0 saturated carbocycles. The lowest BCUT2D eigenvalue weighted by molar-refractivity contribution is -0.124. The summed E-state index contributed by atoms with van der Waals surface area (Å²) < 4.78 is 5.27. The number of carbonyl (C=O) groups excluding carboxylic acids is 1. The van der Waals surface area contributed by atoms with Gasteiger partial charge in [0.1, 0.15) is 0 Å². The maximum absolute atomic E-state index is 12.2. The van der Waals surface area contributed by atoms with Crippen molar-refractivity contribution < 1.29 is 9.32 Å². The first kappa shape index (κ1) is 14.7. The Hall–Kier alpha value is -2.21. The Morgan fingerprint density at radius 1 is 1.36 bits per heavy atom. The molecule has 2 N–H and O–H groups in total. The van der Waals surface area contributed by atoms with Crippen LogP contribution in [0.1, 0.15) is 38.1 Å². The summed E-state index contributed by atoms with van der Waals surface area (Å²) in [7, 11) is 0. The number of benzene rings is 1. The number of hydrogen-bond acceptors (Lipinski definition) is 5. The van der Waals surface area contributed by atoms with Crippen molar-refractivity contribution in [3.8, 4) is 11.5 Å². The molecule has 0 spiro atoms. The quantitative estimate of drug-likeness (QED) is 0.903. The van der Waals surface area contributed by atoms with Crippen LogP contribution in [0.25, 0.3) is 11.5 Å². The molecule has 2 heterocycles. The van der Waals surface area contributed by atoms with Crippen LogP contribution >= 0.6 is 0 Å². The third-order valence-corrected chi connectivity index (χ3v) is 3.84. The summed E-state index contributed by atoms with van der Waals surface area (Å²) in [6.07, 6.45) is 3.09. The number of hydrogen-bond donors (Lipinski definition) is 2. The van der Waals surface area contributed by atoms with E-state index in [2.05, 4.69) is 20.8 Å². The summed E-state index contributed by atoms with van der Waals surface area (Å²) in [4.78, 5) is 16.6. The largest absolute Gasteiger partial charge is 0.345 e. The topological polar surface area (TPSA) is 80.0 Å². The van der Waals surface area contributed by atoms with Gasteiger partial charge in [-0.1, -0.05) is 29.8 Å². The first-order valence-corrected chi connectivity index (χ1v) is 7.67. The molecule has 0 aliphatic carbocycles. The van der Waals surface area contributed by atoms with Crippen LogP contribution < -0.4 is 10.6 Å². The van der Waals surface area contributed by atoms with E-state index in [-0.39, 0.29) is 18.0 Å². The number of carbonyl (C=O) groups is 1. The molecule has 2 aromatic rings. The van der Waals surface area contributed by atoms with Crippen LogP contribution in [-0.2, 0) is 4.79 Å². The zero-order chi connectivity index (χ0) is 15.4. The van der Waals surface area contributed by atoms with E-state index in [0.29, 0.717) is 11.7 Å². The summed E-state index contributed by atoms with van der Waals surface area (Å²) in [6.45, 7) is 2.76. The maximum Gasteiger partial charge on any atom is 0.257 e. The Morgan fingerprint density at radius 2 is 2.18 bits per heavy atom. The normalized spacial score (nSPS) is 19.6. The Labute approximate surface area is 129 Å². The van der Waals surface area contributed by atoms with E-state index in [1.807, 2.05) is 37.3 Å². The first-order chi connectivity index (χ1) is 10.7. The molecular formula is C16H20N4O2. The highest BCUT2D eigenvalue weighted by Crippen LogP contribution is 2.19. The lowest BCUT2D eigenvalue weighted by Gasteiger charge is -2.23. The minimum atomic E-state index is -0.280. The van der Waals surface area contributed by atoms with Gasteiger partial charge in [0.2, 0.25) is 5.91 Å². The van der Waals surface area contributed by atoms with Crippen molar-refractivity contribution in [1.82, 2.24) is 20.8 Å². The summed E-state index contributed by atoms with van der Waals surface area (Å²) in [6, 6.07) is 9.19. The Bertz CT molecular complexity index is 620. The molecule has 1 saturated heterocycles. The number of nitrogens with one attached hydrogen (secondary N) is 2. The van der Waals surface area contributed by atoms with Crippen molar-refractivity contribution in [3.05, 3.63) is 36.2 Å². The van der Waals surface area contributed by atoms with E-state index >= 15 is 0 Å². The van der Waals surface area contributed by atoms with Crippen LogP contribution in [0.5, 0.6) is 0 Å². The highest BCUT2D eigenvalue weighted by Gasteiger charge is 2.24. The summed E-state index contributed by atoms with van der Waals surface area (Å²) in [5.41, 5.74) is 0.869. The molecule has 1 aromatic carbocycles. The first-order valence-electron chi connectivity index (χ1n) is 7.67. The second-order valence-electron chi connectivity index (χ2n) is 5.56. The molecule has 6 heteroatoms. The molecule has 1 aromatic heterocycles. The number of amides is 1. The van der Waals surface area contributed by atoms with Crippen molar-refractivity contribution >= 4 is 5.91 Å². The predicted molar refractivity (Wildman–Crippen MR) is 81.9 cm³/mol. The Morgan fingerprint density at radius 3 is 2.91 bits per heavy atom. The van der Waals surface area contributed by atoms with E-state index in [1.165, 1.54) is 0 Å². The molecule has 3 rings (SSSR count). The summed E-state index contributed by atoms with van der Waals surface area (Å²) in [5, 5.41) is 10.1. The monoisotopic (exact) mass is 300 g/mol. The second-order valence-corrected chi connectivity index (χ2v) is 5.56. The molecule has 2 atom stereocenters. The van der Waals surface area contributed by atoms with Gasteiger partial charge in [0.15, 0.2) is 5.82 Å². The van der Waals surface area contributed by atoms with Gasteiger partial charge in [0, 0.05) is 5.56 Å². The molecule has 0 radical (unpaired) electrons. The Balaban J connectivity index is 1.64. The molecule has 1 fully saturated rings. The summed E-state index contributed by atoms with van der Waals surface area (Å²) in [5.74, 6) is 0.953. The van der Waals surface area contributed by atoms with Crippen molar-refractivity contribution in [2.24, 2.45) is 0 Å². The molecule has 22 heavy (non-hydrogen) atoms. The molecule has 1 unspecified atom stereocenters. The van der Waals surface area contributed by atoms with Crippen LogP contribution in [0.3, 0.4) is 0 Å². The number of nitrogens with zero attached hydrogens (tertiary/aromatic N) is 2. The fraction of sp³-hybridized carbons (Fsp3) is 0.438. The minimum absolute atomic E-state index is 0.00161. The fourth-order valence-corrected chi connectivity index (χ4v) is 2.56. The highest BCUT2D eigenvalue weighted by atomic mass is 16.5. The average molecular weight is 300 g/mol. The fourth-order valence-electron chi connectivity index (χ4n) is 2.56. The lowest BCUT2D eigenvalue weighted by atomic mass is 10.0. The Kier molecular flexibility index (Phi) is 4.48. The number of piperidine rings is 1. The molecule has 1 aliphatic rings. The zero-order valence-corrected chi connectivity index (χ0v) is 12.6. The van der Waals surface area contributed by atoms with Gasteiger partial charge in [0.25, 0.3) is 5.89 Å². The van der Waals surface area contributed by atoms with Gasteiger partial charge < -0.3 is 15.2 Å². The lowest BCUT2D eigenvalue weighted by Crippen LogP contribution is -2.47. The van der Waals surface area contributed by atoms with Gasteiger partial charge in [-0.3, -0.25) is 4.79 Å². The SMILES string of the molecule is CC(NC(=O)[C@H]1CCCCN1)c1noc(-c2ccccc2)n1. The van der Waals surface area contributed by atoms with Crippen LogP contribution in [0.15, 0.2) is 34.9 Å². The molecule has 1 amide bonds. The number of aromatic nitrogens is 2. The van der Waals surface area contributed by atoms with E-state index in [0.717, 1.165) is 31.4 Å². The summed E-state index contributed by atoms with van der Waals surface area (Å²) >= 11 is 0. The predicted octanol–water partition coefficient (Wildman–Crippen LogP) is 2.06. The van der Waals surface area contributed by atoms with Crippen LogP contribution in [0.4, 0.5) is 0 Å². The smallest absolute Gasteiger partial charge is 0.257 e. The molecular weight excluding hydrogens is 280 g/mol. The van der Waals surface area contributed by atoms with Gasteiger partial charge in [0.05, 0.1) is 12.1 Å². The minimum Gasteiger partial charge on any atom is -0.345 e. The van der Waals surface area contributed by atoms with Crippen molar-refractivity contribution in [1.29, 1.82) is 0 Å². The van der Waals surface area contributed by atoms with Crippen molar-refractivity contribution in [3.63, 3.8) is 0 Å². The molecule has 0 bridgehead atoms. The van der Waals surface area contributed by atoms with Gasteiger partial charge in [-0.15, -0.1) is 0 Å². The van der Waals surface area contributed by atoms with Gasteiger partial charge in [-0.2, -0.15) is 4.98 Å². The van der Waals surface area contributed by atoms with Crippen LogP contribution in [0, 0.1) is 0 Å². The third kappa shape index (κ3) is 3.33. The van der Waals surface area contributed by atoms with Gasteiger partial charge in [-0.25, -0.2) is 0 Å². The third-order valence-electron chi connectivity index (χ3n) is 3.84. The zero-order valence-electron chi connectivity index (χ0n) is 12.6. The highest BCUT2D eigenvalue weighted by molar-refractivity contribution is 5.82. The van der Waals surface area contributed by atoms with E-state index < -0.39 is 0 Å². The maximum atomic E-state index is 12.2. The van der Waals surface area contributed by atoms with Gasteiger partial charge >= 0.3 is 0 Å². The van der Waals surface area contributed by atoms with Crippen molar-refractivity contribution in [2.45, 2.75) is 38.3 Å². The van der Waals surface area contributed by atoms with E-state index in [9.17, 15) is 4.79 Å². The average Bonchev–Trinajstić information content (AvgIpc) is 3.06. The van der Waals surface area contributed by atoms with Crippen molar-refractivity contribution in [2.75, 3.05) is 6.54 Å². The second kappa shape index (κ2) is 6.70.